The molecule has 0 aliphatic rings. The predicted molar refractivity (Wildman–Crippen MR) is 123 cm³/mol. The second kappa shape index (κ2) is 8.30. The molecule has 0 aliphatic heterocycles. The molecule has 2 aromatic heterocycles. The molecule has 0 saturated carbocycles. The average molecular weight is 417 g/mol. The highest BCUT2D eigenvalue weighted by molar-refractivity contribution is 5.84. The number of aromatic amines is 2. The quantitative estimate of drug-likeness (QED) is 0.392. The van der Waals surface area contributed by atoms with E-state index in [0.29, 0.717) is 12.2 Å². The van der Waals surface area contributed by atoms with Gasteiger partial charge >= 0.3 is 6.09 Å². The number of amides is 1. The molecule has 0 bridgehead atoms. The van der Waals surface area contributed by atoms with Crippen molar-refractivity contribution in [3.63, 3.8) is 0 Å². The summed E-state index contributed by atoms with van der Waals surface area (Å²) in [6.45, 7) is 7.63. The second-order valence-electron chi connectivity index (χ2n) is 8.81. The standard InChI is InChI=1S/C25H28N4O2/c1-16-10-11-20-19(12-16)18(14-26-20)13-21(29-24(30)31-25(2,3)4)23-27-15-22(28-23)17-8-6-5-7-9-17/h5-12,14-15,21,26H,13H2,1-4H3,(H,27,28)(H,29,30). The third kappa shape index (κ3) is 4.97. The maximum atomic E-state index is 12.6. The van der Waals surface area contributed by atoms with Crippen molar-refractivity contribution in [2.45, 2.75) is 45.8 Å². The highest BCUT2D eigenvalue weighted by Crippen LogP contribution is 2.26. The van der Waals surface area contributed by atoms with E-state index in [0.717, 1.165) is 27.7 Å². The van der Waals surface area contributed by atoms with Crippen molar-refractivity contribution in [3.8, 4) is 11.3 Å². The van der Waals surface area contributed by atoms with Gasteiger partial charge in [-0.3, -0.25) is 0 Å². The molecular weight excluding hydrogens is 388 g/mol. The van der Waals surface area contributed by atoms with Crippen LogP contribution in [0.3, 0.4) is 0 Å². The van der Waals surface area contributed by atoms with Gasteiger partial charge < -0.3 is 20.0 Å². The van der Waals surface area contributed by atoms with Gasteiger partial charge in [0.05, 0.1) is 17.9 Å². The summed E-state index contributed by atoms with van der Waals surface area (Å²) in [6.07, 6.45) is 3.90. The van der Waals surface area contributed by atoms with Crippen LogP contribution in [0.5, 0.6) is 0 Å². The summed E-state index contributed by atoms with van der Waals surface area (Å²) in [5, 5.41) is 4.15. The van der Waals surface area contributed by atoms with Gasteiger partial charge in [-0.25, -0.2) is 9.78 Å². The molecule has 0 saturated heterocycles. The van der Waals surface area contributed by atoms with Gasteiger partial charge in [-0.15, -0.1) is 0 Å². The molecule has 0 aliphatic carbocycles. The van der Waals surface area contributed by atoms with Crippen LogP contribution in [-0.4, -0.2) is 26.6 Å². The monoisotopic (exact) mass is 416 g/mol. The SMILES string of the molecule is Cc1ccc2[nH]cc(CC(NC(=O)OC(C)(C)C)c3ncc(-c4ccccc4)[nH]3)c2c1. The smallest absolute Gasteiger partial charge is 0.408 e. The summed E-state index contributed by atoms with van der Waals surface area (Å²) in [4.78, 5) is 23.9. The van der Waals surface area contributed by atoms with Gasteiger partial charge in [0.15, 0.2) is 0 Å². The van der Waals surface area contributed by atoms with Crippen LogP contribution >= 0.6 is 0 Å². The van der Waals surface area contributed by atoms with Crippen LogP contribution in [0, 0.1) is 6.92 Å². The van der Waals surface area contributed by atoms with E-state index in [9.17, 15) is 4.79 Å². The Morgan fingerprint density at radius 3 is 2.68 bits per heavy atom. The molecule has 0 fully saturated rings. The number of imidazole rings is 1. The summed E-state index contributed by atoms with van der Waals surface area (Å²) < 4.78 is 5.51. The Labute approximate surface area is 182 Å². The Balaban J connectivity index is 1.65. The molecule has 4 aromatic rings. The number of carbonyl (C=O) groups is 1. The van der Waals surface area contributed by atoms with E-state index in [-0.39, 0.29) is 6.04 Å². The minimum absolute atomic E-state index is 0.369. The molecule has 0 radical (unpaired) electrons. The van der Waals surface area contributed by atoms with Gasteiger partial charge in [-0.05, 0) is 51.0 Å². The zero-order valence-electron chi connectivity index (χ0n) is 18.3. The van der Waals surface area contributed by atoms with Crippen LogP contribution in [-0.2, 0) is 11.2 Å². The van der Waals surface area contributed by atoms with Crippen molar-refractivity contribution in [2.75, 3.05) is 0 Å². The molecule has 160 valence electrons. The molecule has 4 rings (SSSR count). The van der Waals surface area contributed by atoms with Crippen LogP contribution in [0.1, 0.15) is 43.8 Å². The number of ether oxygens (including phenoxy) is 1. The van der Waals surface area contributed by atoms with E-state index in [1.54, 1.807) is 6.20 Å². The van der Waals surface area contributed by atoms with Crippen molar-refractivity contribution in [1.29, 1.82) is 0 Å². The summed E-state index contributed by atoms with van der Waals surface area (Å²) >= 11 is 0. The summed E-state index contributed by atoms with van der Waals surface area (Å²) in [5.74, 6) is 0.687. The molecule has 1 unspecified atom stereocenters. The van der Waals surface area contributed by atoms with Gasteiger partial charge in [-0.1, -0.05) is 42.0 Å². The lowest BCUT2D eigenvalue weighted by Gasteiger charge is -2.23. The average Bonchev–Trinajstić information content (AvgIpc) is 3.34. The third-order valence-electron chi connectivity index (χ3n) is 5.05. The zero-order chi connectivity index (χ0) is 22.0. The molecule has 31 heavy (non-hydrogen) atoms. The highest BCUT2D eigenvalue weighted by atomic mass is 16.6. The number of H-pyrrole nitrogens is 2. The van der Waals surface area contributed by atoms with Gasteiger partial charge in [0.1, 0.15) is 11.4 Å². The highest BCUT2D eigenvalue weighted by Gasteiger charge is 2.24. The maximum Gasteiger partial charge on any atom is 0.408 e. The van der Waals surface area contributed by atoms with Crippen molar-refractivity contribution in [2.24, 2.45) is 0 Å². The summed E-state index contributed by atoms with van der Waals surface area (Å²) in [7, 11) is 0. The van der Waals surface area contributed by atoms with E-state index in [4.69, 9.17) is 4.74 Å². The normalized spacial score (nSPS) is 12.6. The fourth-order valence-corrected chi connectivity index (χ4v) is 3.63. The molecule has 1 atom stereocenters. The number of benzene rings is 2. The van der Waals surface area contributed by atoms with E-state index in [1.807, 2.05) is 57.3 Å². The van der Waals surface area contributed by atoms with E-state index < -0.39 is 11.7 Å². The summed E-state index contributed by atoms with van der Waals surface area (Å²) in [6, 6.07) is 15.9. The number of nitrogens with one attached hydrogen (secondary N) is 3. The number of nitrogens with zero attached hydrogens (tertiary/aromatic N) is 1. The van der Waals surface area contributed by atoms with E-state index >= 15 is 0 Å². The Morgan fingerprint density at radius 2 is 1.94 bits per heavy atom. The molecule has 6 nitrogen and oxygen atoms in total. The largest absolute Gasteiger partial charge is 0.444 e. The van der Waals surface area contributed by atoms with Crippen molar-refractivity contribution in [1.82, 2.24) is 20.3 Å². The first-order valence-electron chi connectivity index (χ1n) is 10.4. The van der Waals surface area contributed by atoms with Crippen LogP contribution < -0.4 is 5.32 Å². The minimum atomic E-state index is -0.578. The molecule has 0 spiro atoms. The first kappa shape index (κ1) is 20.7. The first-order chi connectivity index (χ1) is 14.8. The number of alkyl carbamates (subject to hydrolysis) is 1. The summed E-state index contributed by atoms with van der Waals surface area (Å²) in [5.41, 5.74) is 4.74. The molecule has 2 heterocycles. The van der Waals surface area contributed by atoms with Crippen LogP contribution in [0.2, 0.25) is 0 Å². The Hall–Kier alpha value is -3.54. The number of hydrogen-bond donors (Lipinski definition) is 3. The van der Waals surface area contributed by atoms with Gasteiger partial charge in [-0.2, -0.15) is 0 Å². The van der Waals surface area contributed by atoms with Crippen LogP contribution in [0.15, 0.2) is 60.9 Å². The van der Waals surface area contributed by atoms with E-state index in [1.165, 1.54) is 5.56 Å². The topological polar surface area (TPSA) is 82.8 Å². The van der Waals surface area contributed by atoms with Crippen molar-refractivity contribution in [3.05, 3.63) is 77.9 Å². The number of aromatic nitrogens is 3. The number of aryl methyl sites for hydroxylation is 1. The van der Waals surface area contributed by atoms with Crippen molar-refractivity contribution < 1.29 is 9.53 Å². The fourth-order valence-electron chi connectivity index (χ4n) is 3.63. The Kier molecular flexibility index (Phi) is 5.55. The van der Waals surface area contributed by atoms with Crippen molar-refractivity contribution >= 4 is 17.0 Å². The number of carbonyl (C=O) groups excluding carboxylic acids is 1. The maximum absolute atomic E-state index is 12.6. The lowest BCUT2D eigenvalue weighted by molar-refractivity contribution is 0.0501. The minimum Gasteiger partial charge on any atom is -0.444 e. The van der Waals surface area contributed by atoms with Crippen LogP contribution in [0.25, 0.3) is 22.2 Å². The molecule has 2 aromatic carbocycles. The molecule has 1 amide bonds. The van der Waals surface area contributed by atoms with Gasteiger partial charge in [0.2, 0.25) is 0 Å². The van der Waals surface area contributed by atoms with Gasteiger partial charge in [0, 0.05) is 23.5 Å². The molecule has 3 N–H and O–H groups in total. The molecular formula is C25H28N4O2. The lowest BCUT2D eigenvalue weighted by Crippen LogP contribution is -2.36. The van der Waals surface area contributed by atoms with Gasteiger partial charge in [0.25, 0.3) is 0 Å². The number of hydrogen-bond acceptors (Lipinski definition) is 3. The Morgan fingerprint density at radius 1 is 1.16 bits per heavy atom. The molecule has 6 heteroatoms. The number of fused-ring (bicyclic) bond motifs is 1. The predicted octanol–water partition coefficient (Wildman–Crippen LogP) is 5.67. The Bertz CT molecular complexity index is 1190. The zero-order valence-corrected chi connectivity index (χ0v) is 18.3. The lowest BCUT2D eigenvalue weighted by atomic mass is 10.0. The fraction of sp³-hybridized carbons (Fsp3) is 0.280. The number of rotatable bonds is 5. The second-order valence-corrected chi connectivity index (χ2v) is 8.81. The first-order valence-corrected chi connectivity index (χ1v) is 10.4. The van der Waals surface area contributed by atoms with Crippen LogP contribution in [0.4, 0.5) is 4.79 Å². The third-order valence-corrected chi connectivity index (χ3v) is 5.05. The van der Waals surface area contributed by atoms with E-state index in [2.05, 4.69) is 45.4 Å².